The lowest BCUT2D eigenvalue weighted by molar-refractivity contribution is -1.03. The summed E-state index contributed by atoms with van der Waals surface area (Å²) in [5.74, 6) is 0. The molecule has 0 amide bonds. The van der Waals surface area contributed by atoms with Gasteiger partial charge < -0.3 is 15.3 Å². The molecule has 0 saturated heterocycles. The Morgan fingerprint density at radius 2 is 1.25 bits per heavy atom. The molecule has 0 aliphatic rings. The van der Waals surface area contributed by atoms with Crippen molar-refractivity contribution in [1.29, 1.82) is 0 Å². The topological polar surface area (TPSA) is 60.7 Å². The molecule has 0 radical (unpaired) electrons. The highest BCUT2D eigenvalue weighted by Crippen LogP contribution is 2.21. The summed E-state index contributed by atoms with van der Waals surface area (Å²) < 4.78 is -0.332. The third-order valence-electron chi connectivity index (χ3n) is 2.29. The first-order chi connectivity index (χ1) is 5.39. The summed E-state index contributed by atoms with van der Waals surface area (Å²) in [5.41, 5.74) is 0. The zero-order valence-electron chi connectivity index (χ0n) is 7.61. The molecule has 0 aliphatic carbocycles. The predicted octanol–water partition coefficient (Wildman–Crippen LogP) is 0.0144. The average molecular weight is 199 g/mol. The number of halogens is 1. The van der Waals surface area contributed by atoms with E-state index in [1.165, 1.54) is 20.8 Å². The Kier molecular flexibility index (Phi) is 4.44. The number of alkyl halides is 1. The molecule has 12 heavy (non-hydrogen) atoms. The summed E-state index contributed by atoms with van der Waals surface area (Å²) in [4.78, 5) is 0. The number of hydrogen-bond donors (Lipinski definition) is 3. The smallest absolute Gasteiger partial charge is 0.192 e. The first kappa shape index (κ1) is 12.1. The van der Waals surface area contributed by atoms with E-state index in [1.807, 2.05) is 0 Å². The second kappa shape index (κ2) is 4.39. The largest absolute Gasteiger partial charge is 0.345 e. The molecular weight excluding hydrogens is 182 g/mol. The molecule has 4 nitrogen and oxygen atoms in total. The first-order valence-corrected chi connectivity index (χ1v) is 4.40. The van der Waals surface area contributed by atoms with Gasteiger partial charge in [0.1, 0.15) is 0 Å². The van der Waals surface area contributed by atoms with Crippen LogP contribution in [0.2, 0.25) is 0 Å². The predicted molar refractivity (Wildman–Crippen MR) is 46.0 cm³/mol. The highest BCUT2D eigenvalue weighted by atomic mass is 35.5. The van der Waals surface area contributed by atoms with Gasteiger partial charge in [-0.05, 0) is 0 Å². The van der Waals surface area contributed by atoms with Crippen LogP contribution < -0.4 is 0 Å². The lowest BCUT2D eigenvalue weighted by Gasteiger charge is -2.43. The molecule has 0 bridgehead atoms. The SMILES string of the molecule is CC(O)[N+](CCl)(C(C)O)C(C)O. The van der Waals surface area contributed by atoms with Crippen molar-refractivity contribution in [1.82, 2.24) is 0 Å². The van der Waals surface area contributed by atoms with E-state index in [0.717, 1.165) is 0 Å². The monoisotopic (exact) mass is 198 g/mol. The molecule has 0 fully saturated rings. The standard InChI is InChI=1S/C7H17ClNO3/c1-5(10)9(4-8,6(2)11)7(3)12/h5-7,10-12H,4H2,1-3H3/q+1. The highest BCUT2D eigenvalue weighted by molar-refractivity contribution is 6.17. The van der Waals surface area contributed by atoms with E-state index in [-0.39, 0.29) is 10.5 Å². The van der Waals surface area contributed by atoms with E-state index in [0.29, 0.717) is 0 Å². The van der Waals surface area contributed by atoms with Crippen LogP contribution in [0.25, 0.3) is 0 Å². The van der Waals surface area contributed by atoms with Crippen LogP contribution in [0.1, 0.15) is 20.8 Å². The van der Waals surface area contributed by atoms with Gasteiger partial charge in [-0.3, -0.25) is 0 Å². The zero-order chi connectivity index (χ0) is 9.94. The van der Waals surface area contributed by atoms with Crippen LogP contribution in [-0.2, 0) is 0 Å². The molecule has 0 saturated carbocycles. The lowest BCUT2D eigenvalue weighted by atomic mass is 10.3. The normalized spacial score (nSPS) is 24.2. The fourth-order valence-corrected chi connectivity index (χ4v) is 1.84. The van der Waals surface area contributed by atoms with Gasteiger partial charge in [0.05, 0.1) is 0 Å². The highest BCUT2D eigenvalue weighted by Gasteiger charge is 2.41. The summed E-state index contributed by atoms with van der Waals surface area (Å²) in [6.07, 6.45) is -2.70. The maximum atomic E-state index is 9.37. The second-order valence-corrected chi connectivity index (χ2v) is 3.25. The van der Waals surface area contributed by atoms with Crippen molar-refractivity contribution in [2.45, 2.75) is 39.5 Å². The molecule has 74 valence electrons. The van der Waals surface area contributed by atoms with Crippen LogP contribution in [0.3, 0.4) is 0 Å². The van der Waals surface area contributed by atoms with Crippen LogP contribution in [0.15, 0.2) is 0 Å². The van der Waals surface area contributed by atoms with Gasteiger partial charge in [0.15, 0.2) is 24.7 Å². The minimum Gasteiger partial charge on any atom is -0.345 e. The number of hydrogen-bond acceptors (Lipinski definition) is 3. The summed E-state index contributed by atoms with van der Waals surface area (Å²) >= 11 is 5.60. The van der Waals surface area contributed by atoms with Gasteiger partial charge in [0.2, 0.25) is 0 Å². The zero-order valence-corrected chi connectivity index (χ0v) is 8.36. The van der Waals surface area contributed by atoms with Gasteiger partial charge in [-0.2, -0.15) is 0 Å². The Morgan fingerprint density at radius 1 is 1.00 bits per heavy atom. The maximum absolute atomic E-state index is 9.37. The molecule has 0 spiro atoms. The Hall–Kier alpha value is 0.130. The Morgan fingerprint density at radius 3 is 1.25 bits per heavy atom. The number of aliphatic hydroxyl groups excluding tert-OH is 3. The molecule has 3 N–H and O–H groups in total. The van der Waals surface area contributed by atoms with Crippen LogP contribution in [-0.4, -0.2) is 44.5 Å². The van der Waals surface area contributed by atoms with Crippen LogP contribution in [0.5, 0.6) is 0 Å². The van der Waals surface area contributed by atoms with E-state index >= 15 is 0 Å². The van der Waals surface area contributed by atoms with Crippen LogP contribution in [0.4, 0.5) is 0 Å². The summed E-state index contributed by atoms with van der Waals surface area (Å²) in [5, 5.41) is 28.1. The molecule has 5 heteroatoms. The molecule has 0 aromatic heterocycles. The van der Waals surface area contributed by atoms with Gasteiger partial charge in [-0.25, -0.2) is 4.48 Å². The molecule has 0 rings (SSSR count). The van der Waals surface area contributed by atoms with E-state index in [9.17, 15) is 15.3 Å². The maximum Gasteiger partial charge on any atom is 0.192 e. The molecule has 0 aromatic carbocycles. The molecule has 0 aromatic rings. The van der Waals surface area contributed by atoms with Crippen molar-refractivity contribution in [3.05, 3.63) is 0 Å². The number of nitrogens with zero attached hydrogens (tertiary/aromatic N) is 1. The van der Waals surface area contributed by atoms with E-state index < -0.39 is 18.7 Å². The van der Waals surface area contributed by atoms with Crippen molar-refractivity contribution in [2.24, 2.45) is 0 Å². The van der Waals surface area contributed by atoms with Gasteiger partial charge in [0.25, 0.3) is 0 Å². The van der Waals surface area contributed by atoms with E-state index in [2.05, 4.69) is 0 Å². The van der Waals surface area contributed by atoms with Crippen LogP contribution >= 0.6 is 11.6 Å². The summed E-state index contributed by atoms with van der Waals surface area (Å²) in [6.45, 7) is 4.46. The third kappa shape index (κ3) is 1.89. The van der Waals surface area contributed by atoms with Crippen molar-refractivity contribution >= 4 is 11.6 Å². The minimum absolute atomic E-state index is 0.0347. The van der Waals surface area contributed by atoms with Crippen LogP contribution in [0, 0.1) is 0 Å². The van der Waals surface area contributed by atoms with Gasteiger partial charge in [-0.15, -0.1) is 0 Å². The van der Waals surface area contributed by atoms with Crippen molar-refractivity contribution in [3.63, 3.8) is 0 Å². The molecule has 0 heterocycles. The average Bonchev–Trinajstić information content (AvgIpc) is 1.86. The number of aliphatic hydroxyl groups is 3. The van der Waals surface area contributed by atoms with Gasteiger partial charge >= 0.3 is 0 Å². The summed E-state index contributed by atoms with van der Waals surface area (Å²) in [7, 11) is 0. The van der Waals surface area contributed by atoms with Gasteiger partial charge in [0, 0.05) is 20.8 Å². The molecule has 0 aliphatic heterocycles. The number of quaternary nitrogens is 1. The van der Waals surface area contributed by atoms with Crippen molar-refractivity contribution < 1.29 is 19.8 Å². The Labute approximate surface area is 77.6 Å². The number of rotatable bonds is 4. The van der Waals surface area contributed by atoms with Crippen molar-refractivity contribution in [3.8, 4) is 0 Å². The third-order valence-corrected chi connectivity index (χ3v) is 2.71. The van der Waals surface area contributed by atoms with Crippen molar-refractivity contribution in [2.75, 3.05) is 6.00 Å². The Bertz CT molecular complexity index is 117. The molecule has 3 unspecified atom stereocenters. The fourth-order valence-electron chi connectivity index (χ4n) is 1.24. The fraction of sp³-hybridized carbons (Fsp3) is 1.00. The summed E-state index contributed by atoms with van der Waals surface area (Å²) in [6, 6.07) is -0.0347. The van der Waals surface area contributed by atoms with E-state index in [1.54, 1.807) is 0 Å². The second-order valence-electron chi connectivity index (χ2n) is 3.01. The molecular formula is C7H17ClNO3+. The first-order valence-electron chi connectivity index (χ1n) is 3.86. The van der Waals surface area contributed by atoms with Gasteiger partial charge in [-0.1, -0.05) is 11.6 Å². The lowest BCUT2D eigenvalue weighted by Crippen LogP contribution is -2.63. The Balaban J connectivity index is 4.77. The molecule has 3 atom stereocenters. The van der Waals surface area contributed by atoms with E-state index in [4.69, 9.17) is 11.6 Å². The quantitative estimate of drug-likeness (QED) is 0.258. The minimum atomic E-state index is -0.900.